The molecule has 0 aliphatic carbocycles. The highest BCUT2D eigenvalue weighted by Gasteiger charge is 2.11. The Balaban J connectivity index is 2.73. The van der Waals surface area contributed by atoms with Crippen LogP contribution in [0.5, 0.6) is 0 Å². The lowest BCUT2D eigenvalue weighted by atomic mass is 10.1. The molecule has 90 valence electrons. The molecule has 1 aromatic heterocycles. The van der Waals surface area contributed by atoms with Gasteiger partial charge in [0.05, 0.1) is 18.0 Å². The highest BCUT2D eigenvalue weighted by atomic mass is 19.1. The average molecular weight is 239 g/mol. The van der Waals surface area contributed by atoms with E-state index in [9.17, 15) is 8.78 Å². The van der Waals surface area contributed by atoms with Crippen molar-refractivity contribution < 1.29 is 13.5 Å². The number of aromatic nitrogens is 1. The molecule has 0 fully saturated rings. The number of rotatable bonds is 3. The molecule has 17 heavy (non-hydrogen) atoms. The lowest BCUT2D eigenvalue weighted by molar-refractivity contribution is 0.182. The van der Waals surface area contributed by atoms with E-state index in [4.69, 9.17) is 10.6 Å². The van der Waals surface area contributed by atoms with Crippen molar-refractivity contribution in [2.75, 3.05) is 12.5 Å². The maximum Gasteiger partial charge on any atom is 0.152 e. The number of nitrogens with two attached hydrogens (primary N) is 1. The third-order valence-corrected chi connectivity index (χ3v) is 2.33. The summed E-state index contributed by atoms with van der Waals surface area (Å²) in [6.45, 7) is 0.224. The monoisotopic (exact) mass is 239 g/mol. The van der Waals surface area contributed by atoms with Gasteiger partial charge in [0.15, 0.2) is 5.82 Å². The molecule has 0 unspecified atom stereocenters. The summed E-state index contributed by atoms with van der Waals surface area (Å²) in [5.41, 5.74) is 3.37. The van der Waals surface area contributed by atoms with Gasteiger partial charge in [0.25, 0.3) is 0 Å². The Labute approximate surface area is 96.4 Å². The third-order valence-electron chi connectivity index (χ3n) is 2.33. The van der Waals surface area contributed by atoms with E-state index in [1.165, 1.54) is 13.2 Å². The Morgan fingerprint density at radius 3 is 2.76 bits per heavy atom. The summed E-state index contributed by atoms with van der Waals surface area (Å²) in [4.78, 5) is 4.05. The number of nitrogen functional groups attached to an aromatic ring is 1. The predicted molar refractivity (Wildman–Crippen MR) is 60.2 cm³/mol. The normalized spacial score (nSPS) is 10.8. The zero-order valence-electron chi connectivity index (χ0n) is 9.13. The molecule has 0 saturated heterocycles. The van der Waals surface area contributed by atoms with Crippen LogP contribution in [-0.2, 0) is 11.3 Å². The maximum atomic E-state index is 13.6. The average Bonchev–Trinajstić information content (AvgIpc) is 2.29. The fraction of sp³-hybridized carbons (Fsp3) is 0.182. The minimum atomic E-state index is -0.727. The highest BCUT2D eigenvalue weighted by Crippen LogP contribution is 2.26. The molecule has 0 amide bonds. The maximum absolute atomic E-state index is 13.6. The lowest BCUT2D eigenvalue weighted by Crippen LogP contribution is -2.09. The van der Waals surface area contributed by atoms with Crippen LogP contribution in [0.4, 0.5) is 14.5 Å². The quantitative estimate of drug-likeness (QED) is 0.634. The number of pyridine rings is 1. The van der Waals surface area contributed by atoms with Crippen LogP contribution in [0.25, 0.3) is 10.9 Å². The molecule has 2 aromatic rings. The number of nitrogens with zero attached hydrogens (tertiary/aromatic N) is 1. The van der Waals surface area contributed by atoms with Crippen LogP contribution in [0.15, 0.2) is 18.2 Å². The van der Waals surface area contributed by atoms with Gasteiger partial charge in [-0.2, -0.15) is 0 Å². The van der Waals surface area contributed by atoms with E-state index >= 15 is 0 Å². The zero-order valence-corrected chi connectivity index (χ0v) is 9.13. The van der Waals surface area contributed by atoms with Crippen molar-refractivity contribution in [1.82, 2.24) is 4.98 Å². The number of halogens is 2. The fourth-order valence-corrected chi connectivity index (χ4v) is 1.65. The van der Waals surface area contributed by atoms with Crippen LogP contribution in [0, 0.1) is 11.6 Å². The van der Waals surface area contributed by atoms with Gasteiger partial charge in [-0.1, -0.05) is 0 Å². The molecule has 0 saturated carbocycles. The molecule has 0 aliphatic heterocycles. The summed E-state index contributed by atoms with van der Waals surface area (Å²) < 4.78 is 31.6. The van der Waals surface area contributed by atoms with E-state index < -0.39 is 11.6 Å². The molecule has 3 N–H and O–H groups in total. The van der Waals surface area contributed by atoms with Gasteiger partial charge in [-0.15, -0.1) is 0 Å². The first-order valence-corrected chi connectivity index (χ1v) is 4.90. The summed E-state index contributed by atoms with van der Waals surface area (Å²) in [6, 6.07) is 3.55. The van der Waals surface area contributed by atoms with Crippen LogP contribution in [0.2, 0.25) is 0 Å². The Morgan fingerprint density at radius 2 is 2.12 bits per heavy atom. The lowest BCUT2D eigenvalue weighted by Gasteiger charge is -2.09. The van der Waals surface area contributed by atoms with Gasteiger partial charge in [-0.25, -0.2) is 13.8 Å². The molecule has 0 spiro atoms. The van der Waals surface area contributed by atoms with E-state index in [1.807, 2.05) is 0 Å². The van der Waals surface area contributed by atoms with Gasteiger partial charge in [0.1, 0.15) is 11.3 Å². The minimum Gasteiger partial charge on any atom is -0.378 e. The molecule has 0 radical (unpaired) electrons. The molecular formula is C11H11F2N3O. The molecule has 4 nitrogen and oxygen atoms in total. The smallest absolute Gasteiger partial charge is 0.152 e. The third kappa shape index (κ3) is 2.17. The van der Waals surface area contributed by atoms with Gasteiger partial charge in [0, 0.05) is 18.6 Å². The molecular weight excluding hydrogens is 228 g/mol. The number of hydrogen-bond donors (Lipinski definition) is 2. The van der Waals surface area contributed by atoms with Gasteiger partial charge >= 0.3 is 0 Å². The van der Waals surface area contributed by atoms with Crippen LogP contribution in [0.3, 0.4) is 0 Å². The van der Waals surface area contributed by atoms with Crippen molar-refractivity contribution in [1.29, 1.82) is 0 Å². The number of fused-ring (bicyclic) bond motifs is 1. The Bertz CT molecular complexity index is 560. The number of ether oxygens (including phenoxy) is 1. The first-order valence-electron chi connectivity index (χ1n) is 4.90. The van der Waals surface area contributed by atoms with Crippen molar-refractivity contribution in [3.05, 3.63) is 35.5 Å². The second-order valence-corrected chi connectivity index (χ2v) is 3.52. The SMILES string of the molecule is COCc1cc(NN)c2cc(F)cc(F)c2n1. The Kier molecular flexibility index (Phi) is 3.16. The molecule has 0 aliphatic rings. The van der Waals surface area contributed by atoms with Crippen molar-refractivity contribution in [2.45, 2.75) is 6.61 Å². The van der Waals surface area contributed by atoms with Crippen LogP contribution in [0.1, 0.15) is 5.69 Å². The standard InChI is InChI=1S/C11H11F2N3O/c1-17-5-7-4-10(16-14)8-2-6(12)3-9(13)11(8)15-7/h2-4H,5,14H2,1H3,(H,15,16). The second kappa shape index (κ2) is 4.60. The van der Waals surface area contributed by atoms with Crippen LogP contribution < -0.4 is 11.3 Å². The number of hydrogen-bond acceptors (Lipinski definition) is 4. The number of nitrogens with one attached hydrogen (secondary N) is 1. The molecule has 0 atom stereocenters. The summed E-state index contributed by atoms with van der Waals surface area (Å²) >= 11 is 0. The summed E-state index contributed by atoms with van der Waals surface area (Å²) in [5.74, 6) is 3.92. The minimum absolute atomic E-state index is 0.0638. The molecule has 6 heteroatoms. The zero-order chi connectivity index (χ0) is 12.4. The molecule has 1 aromatic carbocycles. The predicted octanol–water partition coefficient (Wildman–Crippen LogP) is 1.94. The summed E-state index contributed by atoms with van der Waals surface area (Å²) in [6.07, 6.45) is 0. The molecule has 1 heterocycles. The van der Waals surface area contributed by atoms with Crippen molar-refractivity contribution in [3.63, 3.8) is 0 Å². The van der Waals surface area contributed by atoms with Crippen molar-refractivity contribution in [2.24, 2.45) is 5.84 Å². The van der Waals surface area contributed by atoms with E-state index in [0.29, 0.717) is 16.8 Å². The largest absolute Gasteiger partial charge is 0.378 e. The Morgan fingerprint density at radius 1 is 1.35 bits per heavy atom. The first kappa shape index (κ1) is 11.7. The fourth-order valence-electron chi connectivity index (χ4n) is 1.65. The van der Waals surface area contributed by atoms with Gasteiger partial charge in [0.2, 0.25) is 0 Å². The van der Waals surface area contributed by atoms with E-state index in [-0.39, 0.29) is 12.1 Å². The first-order chi connectivity index (χ1) is 8.15. The highest BCUT2D eigenvalue weighted by molar-refractivity contribution is 5.91. The van der Waals surface area contributed by atoms with Crippen LogP contribution >= 0.6 is 0 Å². The number of hydrazine groups is 1. The summed E-state index contributed by atoms with van der Waals surface area (Å²) in [5, 5.41) is 0.296. The van der Waals surface area contributed by atoms with Gasteiger partial charge in [-0.3, -0.25) is 5.84 Å². The second-order valence-electron chi connectivity index (χ2n) is 3.52. The van der Waals surface area contributed by atoms with Crippen LogP contribution in [-0.4, -0.2) is 12.1 Å². The van der Waals surface area contributed by atoms with E-state index in [2.05, 4.69) is 10.4 Å². The summed E-state index contributed by atoms with van der Waals surface area (Å²) in [7, 11) is 1.50. The number of benzene rings is 1. The topological polar surface area (TPSA) is 60.2 Å². The molecule has 0 bridgehead atoms. The Hall–Kier alpha value is -1.79. The van der Waals surface area contributed by atoms with Crippen molar-refractivity contribution >= 4 is 16.6 Å². The van der Waals surface area contributed by atoms with E-state index in [1.54, 1.807) is 6.07 Å². The van der Waals surface area contributed by atoms with Crippen molar-refractivity contribution in [3.8, 4) is 0 Å². The van der Waals surface area contributed by atoms with E-state index in [0.717, 1.165) is 6.07 Å². The number of methoxy groups -OCH3 is 1. The van der Waals surface area contributed by atoms with Gasteiger partial charge in [-0.05, 0) is 12.1 Å². The molecule has 2 rings (SSSR count). The number of anilines is 1. The van der Waals surface area contributed by atoms with Gasteiger partial charge < -0.3 is 10.2 Å².